The van der Waals surface area contributed by atoms with Gasteiger partial charge in [0.1, 0.15) is 11.8 Å². The number of carbonyl (C=O) groups is 1. The Balaban J connectivity index is 1.95. The van der Waals surface area contributed by atoms with Crippen molar-refractivity contribution in [2.45, 2.75) is 6.04 Å². The van der Waals surface area contributed by atoms with E-state index in [1.165, 1.54) is 36.4 Å². The molecule has 124 valence electrons. The molecule has 25 heavy (non-hydrogen) atoms. The summed E-state index contributed by atoms with van der Waals surface area (Å²) < 4.78 is 5.28. The second-order valence-corrected chi connectivity index (χ2v) is 5.56. The lowest BCUT2D eigenvalue weighted by molar-refractivity contribution is -0.384. The standard InChI is InChI=1S/C17H10ClN3O4/c18-12-2-6-15(7-3-12)25-17(22)20-14(10-19)4-1-11-9-13(21(23)24)5-8-16(11)20/h1-9,14H. The van der Waals surface area contributed by atoms with Gasteiger partial charge in [-0.05, 0) is 36.4 Å². The molecule has 0 fully saturated rings. The summed E-state index contributed by atoms with van der Waals surface area (Å²) in [5.41, 5.74) is 0.706. The third-order valence-electron chi connectivity index (χ3n) is 3.57. The Morgan fingerprint density at radius 2 is 2.00 bits per heavy atom. The van der Waals surface area contributed by atoms with Crippen LogP contribution in [0.3, 0.4) is 0 Å². The molecule has 1 amide bonds. The fraction of sp³-hybridized carbons (Fsp3) is 0.0588. The molecule has 8 heteroatoms. The van der Waals surface area contributed by atoms with Crippen LogP contribution in [-0.2, 0) is 0 Å². The van der Waals surface area contributed by atoms with Gasteiger partial charge in [-0.1, -0.05) is 17.7 Å². The molecule has 0 saturated heterocycles. The Kier molecular flexibility index (Phi) is 4.37. The van der Waals surface area contributed by atoms with Crippen LogP contribution in [0.5, 0.6) is 5.75 Å². The van der Waals surface area contributed by atoms with Crippen LogP contribution in [0.2, 0.25) is 5.02 Å². The van der Waals surface area contributed by atoms with Gasteiger partial charge < -0.3 is 4.74 Å². The Morgan fingerprint density at radius 1 is 1.28 bits per heavy atom. The highest BCUT2D eigenvalue weighted by atomic mass is 35.5. The molecular weight excluding hydrogens is 346 g/mol. The van der Waals surface area contributed by atoms with E-state index < -0.39 is 17.1 Å². The number of fused-ring (bicyclic) bond motifs is 1. The monoisotopic (exact) mass is 355 g/mol. The van der Waals surface area contributed by atoms with Crippen molar-refractivity contribution in [3.63, 3.8) is 0 Å². The van der Waals surface area contributed by atoms with Gasteiger partial charge in [0.25, 0.3) is 5.69 Å². The van der Waals surface area contributed by atoms with Gasteiger partial charge in [0.05, 0.1) is 16.7 Å². The number of carbonyl (C=O) groups excluding carboxylic acids is 1. The first kappa shape index (κ1) is 16.5. The number of ether oxygens (including phenoxy) is 1. The van der Waals surface area contributed by atoms with Gasteiger partial charge >= 0.3 is 6.09 Å². The van der Waals surface area contributed by atoms with Gasteiger partial charge in [0.15, 0.2) is 0 Å². The minimum atomic E-state index is -0.881. The number of benzene rings is 2. The van der Waals surface area contributed by atoms with Crippen molar-refractivity contribution < 1.29 is 14.5 Å². The Hall–Kier alpha value is -3.37. The second-order valence-electron chi connectivity index (χ2n) is 5.13. The summed E-state index contributed by atoms with van der Waals surface area (Å²) in [7, 11) is 0. The molecule has 1 aliphatic rings. The maximum Gasteiger partial charge on any atom is 0.421 e. The summed E-state index contributed by atoms with van der Waals surface area (Å²) in [5, 5.41) is 20.7. The number of nitrogens with zero attached hydrogens (tertiary/aromatic N) is 3. The third kappa shape index (κ3) is 3.29. The molecule has 1 aliphatic heterocycles. The minimum absolute atomic E-state index is 0.107. The van der Waals surface area contributed by atoms with Gasteiger partial charge in [-0.3, -0.25) is 15.0 Å². The van der Waals surface area contributed by atoms with Crippen LogP contribution in [0.4, 0.5) is 16.2 Å². The first-order chi connectivity index (χ1) is 12.0. The van der Waals surface area contributed by atoms with Crippen LogP contribution in [0.15, 0.2) is 48.5 Å². The topological polar surface area (TPSA) is 96.5 Å². The SMILES string of the molecule is N#CC1C=Cc2cc([N+](=O)[O-])ccc2N1C(=O)Oc1ccc(Cl)cc1. The number of rotatable bonds is 2. The zero-order valence-corrected chi connectivity index (χ0v) is 13.4. The van der Waals surface area contributed by atoms with Crippen LogP contribution in [0.1, 0.15) is 5.56 Å². The molecule has 0 aliphatic carbocycles. The average Bonchev–Trinajstić information content (AvgIpc) is 2.61. The fourth-order valence-corrected chi connectivity index (χ4v) is 2.53. The zero-order chi connectivity index (χ0) is 18.0. The van der Waals surface area contributed by atoms with E-state index >= 15 is 0 Å². The van der Waals surface area contributed by atoms with E-state index in [1.54, 1.807) is 18.2 Å². The second kappa shape index (κ2) is 6.63. The maximum absolute atomic E-state index is 12.6. The molecule has 1 atom stereocenters. The van der Waals surface area contributed by atoms with Crippen LogP contribution in [0.25, 0.3) is 6.08 Å². The van der Waals surface area contributed by atoms with Crippen molar-refractivity contribution in [2.24, 2.45) is 0 Å². The molecular formula is C17H10ClN3O4. The first-order valence-electron chi connectivity index (χ1n) is 7.12. The van der Waals surface area contributed by atoms with E-state index in [0.29, 0.717) is 16.3 Å². The maximum atomic E-state index is 12.6. The average molecular weight is 356 g/mol. The van der Waals surface area contributed by atoms with Gasteiger partial charge in [-0.25, -0.2) is 4.79 Å². The highest BCUT2D eigenvalue weighted by molar-refractivity contribution is 6.30. The molecule has 1 unspecified atom stereocenters. The summed E-state index contributed by atoms with van der Waals surface area (Å²) in [6, 6.07) is 11.3. The smallest absolute Gasteiger partial charge is 0.410 e. The summed E-state index contributed by atoms with van der Waals surface area (Å²) in [5.74, 6) is 0.268. The van der Waals surface area contributed by atoms with E-state index in [1.807, 2.05) is 6.07 Å². The van der Waals surface area contributed by atoms with Gasteiger partial charge in [-0.15, -0.1) is 0 Å². The Bertz CT molecular complexity index is 918. The number of halogens is 1. The van der Waals surface area contributed by atoms with E-state index in [9.17, 15) is 20.2 Å². The summed E-state index contributed by atoms with van der Waals surface area (Å²) in [6.07, 6.45) is 2.28. The molecule has 7 nitrogen and oxygen atoms in total. The Labute approximate surface area is 147 Å². The minimum Gasteiger partial charge on any atom is -0.410 e. The number of nitro benzene ring substituents is 1. The van der Waals surface area contributed by atoms with Crippen molar-refractivity contribution in [1.29, 1.82) is 5.26 Å². The highest BCUT2D eigenvalue weighted by Crippen LogP contribution is 2.32. The summed E-state index contributed by atoms with van der Waals surface area (Å²) >= 11 is 5.79. The lowest BCUT2D eigenvalue weighted by atomic mass is 10.0. The van der Waals surface area contributed by atoms with E-state index in [0.717, 1.165) is 4.90 Å². The molecule has 3 rings (SSSR count). The van der Waals surface area contributed by atoms with E-state index in [4.69, 9.17) is 16.3 Å². The van der Waals surface area contributed by atoms with Crippen LogP contribution < -0.4 is 9.64 Å². The number of anilines is 1. The summed E-state index contributed by atoms with van der Waals surface area (Å²) in [6.45, 7) is 0. The number of non-ortho nitro benzene ring substituents is 1. The van der Waals surface area contributed by atoms with Gasteiger partial charge in [0, 0.05) is 22.7 Å². The summed E-state index contributed by atoms with van der Waals surface area (Å²) in [4.78, 5) is 24.1. The van der Waals surface area contributed by atoms with Crippen LogP contribution >= 0.6 is 11.6 Å². The lowest BCUT2D eigenvalue weighted by Gasteiger charge is -2.28. The van der Waals surface area contributed by atoms with Crippen molar-refractivity contribution in [3.05, 3.63) is 69.2 Å². The Morgan fingerprint density at radius 3 is 2.64 bits per heavy atom. The van der Waals surface area contributed by atoms with Gasteiger partial charge in [0.2, 0.25) is 0 Å². The number of nitriles is 1. The number of hydrogen-bond acceptors (Lipinski definition) is 5. The molecule has 0 spiro atoms. The number of nitro groups is 1. The fourth-order valence-electron chi connectivity index (χ4n) is 2.40. The lowest BCUT2D eigenvalue weighted by Crippen LogP contribution is -2.42. The third-order valence-corrected chi connectivity index (χ3v) is 3.82. The quantitative estimate of drug-likeness (QED) is 0.594. The molecule has 0 N–H and O–H groups in total. The van der Waals surface area contributed by atoms with Crippen LogP contribution in [0, 0.1) is 21.4 Å². The van der Waals surface area contributed by atoms with Gasteiger partial charge in [-0.2, -0.15) is 5.26 Å². The normalized spacial score (nSPS) is 15.2. The van der Waals surface area contributed by atoms with Crippen molar-refractivity contribution in [1.82, 2.24) is 0 Å². The number of amides is 1. The molecule has 0 radical (unpaired) electrons. The largest absolute Gasteiger partial charge is 0.421 e. The molecule has 0 aromatic heterocycles. The van der Waals surface area contributed by atoms with E-state index in [-0.39, 0.29) is 11.4 Å². The molecule has 2 aromatic carbocycles. The number of hydrogen-bond donors (Lipinski definition) is 0. The first-order valence-corrected chi connectivity index (χ1v) is 7.50. The van der Waals surface area contributed by atoms with Crippen LogP contribution in [-0.4, -0.2) is 17.1 Å². The predicted octanol–water partition coefficient (Wildman–Crippen LogP) is 4.17. The highest BCUT2D eigenvalue weighted by Gasteiger charge is 2.30. The zero-order valence-electron chi connectivity index (χ0n) is 12.6. The van der Waals surface area contributed by atoms with Crippen molar-refractivity contribution in [3.8, 4) is 11.8 Å². The molecule has 2 aromatic rings. The van der Waals surface area contributed by atoms with Crippen molar-refractivity contribution in [2.75, 3.05) is 4.90 Å². The predicted molar refractivity (Wildman–Crippen MR) is 91.5 cm³/mol. The molecule has 0 saturated carbocycles. The van der Waals surface area contributed by atoms with E-state index in [2.05, 4.69) is 0 Å². The molecule has 1 heterocycles. The molecule has 0 bridgehead atoms. The van der Waals surface area contributed by atoms with Crippen molar-refractivity contribution >= 4 is 35.1 Å².